The van der Waals surface area contributed by atoms with Gasteiger partial charge in [0.25, 0.3) is 0 Å². The zero-order valence-corrected chi connectivity index (χ0v) is 9.40. The quantitative estimate of drug-likeness (QED) is 0.490. The molecule has 0 saturated heterocycles. The van der Waals surface area contributed by atoms with Crippen LogP contribution in [0.2, 0.25) is 0 Å². The van der Waals surface area contributed by atoms with Gasteiger partial charge in [-0.25, -0.2) is 4.79 Å². The van der Waals surface area contributed by atoms with Crippen molar-refractivity contribution in [3.63, 3.8) is 0 Å². The molecule has 0 unspecified atom stereocenters. The zero-order valence-electron chi connectivity index (χ0n) is 9.40. The van der Waals surface area contributed by atoms with Gasteiger partial charge in [-0.15, -0.1) is 0 Å². The van der Waals surface area contributed by atoms with Crippen LogP contribution in [-0.4, -0.2) is 29.3 Å². The molecule has 0 aromatic rings. The second kappa shape index (κ2) is 6.43. The Morgan fingerprint density at radius 2 is 1.47 bits per heavy atom. The molecule has 0 aliphatic heterocycles. The molecule has 1 N–H and O–H groups in total. The standard InChI is InChI=1S/C5H3F7O.C4H6O2/c1-2-13-5(11,12)3(6,7)4(8,9)10;1-3(2)4(5)6/h2H,1H2;1H2,2H3,(H,5,6). The Morgan fingerprint density at radius 1 is 1.16 bits per heavy atom. The van der Waals surface area contributed by atoms with E-state index in [0.29, 0.717) is 0 Å². The molecule has 0 spiro atoms. The Balaban J connectivity index is 0. The summed E-state index contributed by atoms with van der Waals surface area (Å²) in [7, 11) is 0. The van der Waals surface area contributed by atoms with Gasteiger partial charge in [0.1, 0.15) is 0 Å². The van der Waals surface area contributed by atoms with Gasteiger partial charge in [0.05, 0.1) is 6.26 Å². The number of ether oxygens (including phenoxy) is 1. The van der Waals surface area contributed by atoms with Gasteiger partial charge in [0.2, 0.25) is 0 Å². The van der Waals surface area contributed by atoms with Crippen LogP contribution in [0.3, 0.4) is 0 Å². The lowest BCUT2D eigenvalue weighted by Gasteiger charge is -2.26. The number of carboxylic acid groups (broad SMARTS) is 1. The average molecular weight is 298 g/mol. The van der Waals surface area contributed by atoms with Gasteiger partial charge in [0, 0.05) is 5.57 Å². The Kier molecular flexibility index (Phi) is 6.64. The first-order valence-corrected chi connectivity index (χ1v) is 4.20. The van der Waals surface area contributed by atoms with Crippen molar-refractivity contribution in [2.75, 3.05) is 0 Å². The number of hydrogen-bond donors (Lipinski definition) is 1. The van der Waals surface area contributed by atoms with E-state index < -0.39 is 24.2 Å². The molecule has 0 aromatic heterocycles. The maximum Gasteiger partial charge on any atom is 0.473 e. The van der Waals surface area contributed by atoms with E-state index in [4.69, 9.17) is 5.11 Å². The minimum absolute atomic E-state index is 0.176. The Labute approximate surface area is 103 Å². The van der Waals surface area contributed by atoms with Gasteiger partial charge in [-0.05, 0) is 6.92 Å². The lowest BCUT2D eigenvalue weighted by molar-refractivity contribution is -0.412. The molecule has 0 aliphatic rings. The summed E-state index contributed by atoms with van der Waals surface area (Å²) in [5.41, 5.74) is 0.176. The van der Waals surface area contributed by atoms with E-state index in [0.717, 1.165) is 0 Å². The summed E-state index contributed by atoms with van der Waals surface area (Å²) < 4.78 is 84.3. The number of alkyl halides is 7. The number of halogens is 7. The van der Waals surface area contributed by atoms with E-state index >= 15 is 0 Å². The Bertz CT molecular complexity index is 334. The van der Waals surface area contributed by atoms with Crippen LogP contribution in [0.15, 0.2) is 25.0 Å². The summed E-state index contributed by atoms with van der Waals surface area (Å²) in [6.45, 7) is 7.04. The van der Waals surface area contributed by atoms with E-state index in [-0.39, 0.29) is 11.8 Å². The highest BCUT2D eigenvalue weighted by atomic mass is 19.4. The summed E-state index contributed by atoms with van der Waals surface area (Å²) in [4.78, 5) is 9.60. The van der Waals surface area contributed by atoms with Crippen molar-refractivity contribution in [3.05, 3.63) is 25.0 Å². The maximum atomic E-state index is 11.9. The fraction of sp³-hybridized carbons (Fsp3) is 0.444. The highest BCUT2D eigenvalue weighted by Gasteiger charge is 2.75. The fourth-order valence-corrected chi connectivity index (χ4v) is 0.344. The van der Waals surface area contributed by atoms with Gasteiger partial charge >= 0.3 is 24.2 Å². The Morgan fingerprint density at radius 3 is 1.63 bits per heavy atom. The molecule has 0 heterocycles. The third-order valence-corrected chi connectivity index (χ3v) is 1.32. The number of hydrogen-bond acceptors (Lipinski definition) is 2. The van der Waals surface area contributed by atoms with Crippen LogP contribution < -0.4 is 0 Å². The number of rotatable bonds is 4. The van der Waals surface area contributed by atoms with Gasteiger partial charge in [-0.3, -0.25) is 0 Å². The first-order valence-electron chi connectivity index (χ1n) is 4.20. The van der Waals surface area contributed by atoms with Gasteiger partial charge in [-0.1, -0.05) is 13.2 Å². The molecule has 19 heavy (non-hydrogen) atoms. The third-order valence-electron chi connectivity index (χ3n) is 1.32. The number of carbonyl (C=O) groups is 1. The largest absolute Gasteiger partial charge is 0.478 e. The molecule has 112 valence electrons. The molecule has 0 radical (unpaired) electrons. The summed E-state index contributed by atoms with van der Waals surface area (Å²) in [5, 5.41) is 7.89. The average Bonchev–Trinajstić information content (AvgIpc) is 2.16. The van der Waals surface area contributed by atoms with Crippen LogP contribution in [0.25, 0.3) is 0 Å². The molecule has 10 heteroatoms. The summed E-state index contributed by atoms with van der Waals surface area (Å²) >= 11 is 0. The number of aliphatic carboxylic acids is 1. The van der Waals surface area contributed by atoms with Crippen molar-refractivity contribution in [2.45, 2.75) is 25.1 Å². The molecule has 0 amide bonds. The lowest BCUT2D eigenvalue weighted by atomic mass is 10.3. The topological polar surface area (TPSA) is 46.5 Å². The van der Waals surface area contributed by atoms with Gasteiger partial charge in [0.15, 0.2) is 0 Å². The van der Waals surface area contributed by atoms with Crippen molar-refractivity contribution >= 4 is 5.97 Å². The zero-order chi connectivity index (χ0) is 16.1. The predicted octanol–water partition coefficient (Wildman–Crippen LogP) is 3.58. The van der Waals surface area contributed by atoms with Crippen LogP contribution in [0, 0.1) is 0 Å². The van der Waals surface area contributed by atoms with E-state index in [2.05, 4.69) is 17.9 Å². The van der Waals surface area contributed by atoms with E-state index in [1.54, 1.807) is 0 Å². The van der Waals surface area contributed by atoms with Crippen molar-refractivity contribution < 1.29 is 45.4 Å². The molecule has 0 aliphatic carbocycles. The third kappa shape index (κ3) is 5.62. The van der Waals surface area contributed by atoms with Crippen LogP contribution in [0.1, 0.15) is 6.92 Å². The monoisotopic (exact) mass is 298 g/mol. The molecular formula is C9H9F7O3. The van der Waals surface area contributed by atoms with E-state index in [9.17, 15) is 35.5 Å². The SMILES string of the molecule is C=C(C)C(=O)O.C=COC(F)(F)C(F)(F)C(F)(F)F. The van der Waals surface area contributed by atoms with Gasteiger partial charge < -0.3 is 9.84 Å². The van der Waals surface area contributed by atoms with Crippen LogP contribution in [-0.2, 0) is 9.53 Å². The summed E-state index contributed by atoms with van der Waals surface area (Å²) in [5.74, 6) is -7.18. The molecule has 0 saturated carbocycles. The predicted molar refractivity (Wildman–Crippen MR) is 49.7 cm³/mol. The van der Waals surface area contributed by atoms with Crippen molar-refractivity contribution in [2.24, 2.45) is 0 Å². The second-order valence-corrected chi connectivity index (χ2v) is 2.96. The van der Waals surface area contributed by atoms with Crippen molar-refractivity contribution in [3.8, 4) is 0 Å². The first-order chi connectivity index (χ1) is 8.20. The van der Waals surface area contributed by atoms with Crippen LogP contribution in [0.4, 0.5) is 30.7 Å². The smallest absolute Gasteiger partial charge is 0.473 e. The molecule has 0 fully saturated rings. The molecule has 3 nitrogen and oxygen atoms in total. The minimum atomic E-state index is -6.38. The molecule has 0 rings (SSSR count). The molecular weight excluding hydrogens is 289 g/mol. The van der Waals surface area contributed by atoms with Crippen LogP contribution >= 0.6 is 0 Å². The van der Waals surface area contributed by atoms with Crippen molar-refractivity contribution in [1.82, 2.24) is 0 Å². The summed E-state index contributed by atoms with van der Waals surface area (Å²) in [6.07, 6.45) is -12.2. The Hall–Kier alpha value is -1.74. The van der Waals surface area contributed by atoms with Crippen LogP contribution in [0.5, 0.6) is 0 Å². The first kappa shape index (κ1) is 19.6. The second-order valence-electron chi connectivity index (χ2n) is 2.96. The fourth-order valence-electron chi connectivity index (χ4n) is 0.344. The van der Waals surface area contributed by atoms with Crippen molar-refractivity contribution in [1.29, 1.82) is 0 Å². The lowest BCUT2D eigenvalue weighted by Crippen LogP contribution is -2.52. The molecule has 0 aromatic carbocycles. The van der Waals surface area contributed by atoms with E-state index in [1.807, 2.05) is 0 Å². The number of carboxylic acids is 1. The maximum absolute atomic E-state index is 11.9. The normalized spacial score (nSPS) is 12.0. The summed E-state index contributed by atoms with van der Waals surface area (Å²) in [6, 6.07) is 0. The van der Waals surface area contributed by atoms with E-state index in [1.165, 1.54) is 6.92 Å². The van der Waals surface area contributed by atoms with Gasteiger partial charge in [-0.2, -0.15) is 30.7 Å². The highest BCUT2D eigenvalue weighted by molar-refractivity contribution is 5.84. The molecule has 0 atom stereocenters. The highest BCUT2D eigenvalue weighted by Crippen LogP contribution is 2.46. The minimum Gasteiger partial charge on any atom is -0.478 e. The molecule has 0 bridgehead atoms.